The molecule has 33 heavy (non-hydrogen) atoms. The summed E-state index contributed by atoms with van der Waals surface area (Å²) in [6.45, 7) is 9.71. The Balaban J connectivity index is 1.90. The molecule has 2 aromatic rings. The van der Waals surface area contributed by atoms with Crippen LogP contribution in [0.3, 0.4) is 0 Å². The number of nitrogens with one attached hydrogen (secondary N) is 1. The lowest BCUT2D eigenvalue weighted by Crippen LogP contribution is -2.57. The molecule has 3 rings (SSSR count). The van der Waals surface area contributed by atoms with Gasteiger partial charge in [-0.3, -0.25) is 4.79 Å². The predicted molar refractivity (Wildman–Crippen MR) is 132 cm³/mol. The number of fused-ring (bicyclic) bond motifs is 1. The summed E-state index contributed by atoms with van der Waals surface area (Å²) in [5.41, 5.74) is 6.11. The van der Waals surface area contributed by atoms with Crippen LogP contribution in [0.2, 0.25) is 0 Å². The third-order valence-corrected chi connectivity index (χ3v) is 5.80. The summed E-state index contributed by atoms with van der Waals surface area (Å²) in [5, 5.41) is 4.69. The van der Waals surface area contributed by atoms with Crippen LogP contribution in [0.15, 0.2) is 37.0 Å². The average Bonchev–Trinajstić information content (AvgIpc) is 3.19. The molecule has 1 aromatic heterocycles. The molecule has 0 spiro atoms. The van der Waals surface area contributed by atoms with E-state index in [9.17, 15) is 9.59 Å². The van der Waals surface area contributed by atoms with Gasteiger partial charge in [0.15, 0.2) is 5.11 Å². The van der Waals surface area contributed by atoms with Crippen molar-refractivity contribution in [1.82, 2.24) is 15.2 Å². The fourth-order valence-electron chi connectivity index (χ4n) is 3.98. The minimum atomic E-state index is -0.788. The van der Waals surface area contributed by atoms with Gasteiger partial charge in [0, 0.05) is 18.0 Å². The zero-order valence-corrected chi connectivity index (χ0v) is 20.1. The van der Waals surface area contributed by atoms with E-state index in [1.807, 2.05) is 45.0 Å². The van der Waals surface area contributed by atoms with Gasteiger partial charge in [-0.25, -0.2) is 9.78 Å². The summed E-state index contributed by atoms with van der Waals surface area (Å²) >= 11 is 4.98. The van der Waals surface area contributed by atoms with Crippen LogP contribution in [-0.4, -0.2) is 58.7 Å². The van der Waals surface area contributed by atoms with Crippen molar-refractivity contribution >= 4 is 46.1 Å². The molecule has 1 saturated heterocycles. The molecule has 1 fully saturated rings. The second-order valence-corrected chi connectivity index (χ2v) is 9.55. The molecule has 1 aliphatic rings. The molecule has 0 unspecified atom stereocenters. The number of amides is 1. The van der Waals surface area contributed by atoms with Crippen molar-refractivity contribution in [2.45, 2.75) is 45.4 Å². The topological polar surface area (TPSA) is 107 Å². The monoisotopic (exact) mass is 470 g/mol. The molecule has 8 nitrogen and oxygen atoms in total. The van der Waals surface area contributed by atoms with E-state index in [-0.39, 0.29) is 24.0 Å². The van der Waals surface area contributed by atoms with Crippen LogP contribution >= 0.6 is 12.2 Å². The number of hydrogen-bond donors (Lipinski definition) is 2. The van der Waals surface area contributed by atoms with Crippen molar-refractivity contribution in [2.75, 3.05) is 13.7 Å². The molecule has 2 heterocycles. The van der Waals surface area contributed by atoms with Gasteiger partial charge in [-0.05, 0) is 40.7 Å². The highest BCUT2D eigenvalue weighted by atomic mass is 32.1. The number of aromatic nitrogens is 1. The van der Waals surface area contributed by atoms with E-state index in [0.29, 0.717) is 5.88 Å². The average molecular weight is 471 g/mol. The van der Waals surface area contributed by atoms with E-state index in [1.54, 1.807) is 12.3 Å². The second kappa shape index (κ2) is 9.74. The molecular formula is C24H30N4O4S. The van der Waals surface area contributed by atoms with Crippen LogP contribution < -0.4 is 15.8 Å². The maximum atomic E-state index is 13.5. The Bertz CT molecular complexity index is 1080. The number of methoxy groups -OCH3 is 1. The highest BCUT2D eigenvalue weighted by Gasteiger charge is 2.46. The molecule has 1 amide bonds. The molecule has 176 valence electrons. The molecule has 1 aliphatic heterocycles. The quantitative estimate of drug-likeness (QED) is 0.490. The lowest BCUT2D eigenvalue weighted by atomic mass is 9.85. The smallest absolute Gasteiger partial charge is 0.328 e. The first-order valence-corrected chi connectivity index (χ1v) is 11.1. The number of hydrogen-bond acceptors (Lipinski definition) is 6. The van der Waals surface area contributed by atoms with Crippen LogP contribution in [0.5, 0.6) is 5.88 Å². The summed E-state index contributed by atoms with van der Waals surface area (Å²) in [7, 11) is 1.30. The fraction of sp³-hybridized carbons (Fsp3) is 0.417. The molecular weight excluding hydrogens is 440 g/mol. The second-order valence-electron chi connectivity index (χ2n) is 9.11. The summed E-state index contributed by atoms with van der Waals surface area (Å²) in [4.78, 5) is 31.9. The Kier molecular flexibility index (Phi) is 7.22. The van der Waals surface area contributed by atoms with Crippen LogP contribution in [0.4, 0.5) is 0 Å². The number of esters is 1. The Morgan fingerprint density at radius 2 is 2.09 bits per heavy atom. The lowest BCUT2D eigenvalue weighted by Gasteiger charge is -2.35. The number of thiocarbonyl (C=S) groups is 1. The Labute approximate surface area is 199 Å². The van der Waals surface area contributed by atoms with Crippen LogP contribution in [0.1, 0.15) is 32.8 Å². The standard InChI is InChI=1S/C24H30N4O4S/c1-6-14-7-8-15-9-10-26-20(17(15)11-14)32-16-12-18(22(30)31-5)28(13-16)21(29)19(24(2,3)4)27-23(25)33/h6-11,16,18-19H,1,12-13H2,2-5H3,(H3,25,27,33)/t16-,18+,19-/m1/s1. The van der Waals surface area contributed by atoms with E-state index >= 15 is 0 Å². The highest BCUT2D eigenvalue weighted by Crippen LogP contribution is 2.31. The van der Waals surface area contributed by atoms with Crippen molar-refractivity contribution < 1.29 is 19.1 Å². The Morgan fingerprint density at radius 3 is 2.70 bits per heavy atom. The molecule has 3 atom stereocenters. The van der Waals surface area contributed by atoms with Gasteiger partial charge in [0.1, 0.15) is 18.2 Å². The van der Waals surface area contributed by atoms with Gasteiger partial charge < -0.3 is 25.4 Å². The third kappa shape index (κ3) is 5.42. The highest BCUT2D eigenvalue weighted by molar-refractivity contribution is 7.80. The van der Waals surface area contributed by atoms with Crippen molar-refractivity contribution in [2.24, 2.45) is 11.1 Å². The molecule has 9 heteroatoms. The molecule has 1 aromatic carbocycles. The molecule has 0 bridgehead atoms. The number of benzene rings is 1. The van der Waals surface area contributed by atoms with Crippen LogP contribution in [0, 0.1) is 5.41 Å². The number of likely N-dealkylation sites (tertiary alicyclic amines) is 1. The minimum absolute atomic E-state index is 0.0165. The van der Waals surface area contributed by atoms with E-state index in [4.69, 9.17) is 27.4 Å². The summed E-state index contributed by atoms with van der Waals surface area (Å²) in [6.07, 6.45) is 3.25. The minimum Gasteiger partial charge on any atom is -0.472 e. The van der Waals surface area contributed by atoms with Gasteiger partial charge in [0.05, 0.1) is 13.7 Å². The predicted octanol–water partition coefficient (Wildman–Crippen LogP) is 2.65. The number of rotatable bonds is 6. The normalized spacial score (nSPS) is 19.1. The summed E-state index contributed by atoms with van der Waals surface area (Å²) < 4.78 is 11.2. The zero-order chi connectivity index (χ0) is 24.3. The van der Waals surface area contributed by atoms with E-state index in [1.165, 1.54) is 12.0 Å². The van der Waals surface area contributed by atoms with Crippen molar-refractivity contribution in [1.29, 1.82) is 0 Å². The number of carbonyl (C=O) groups is 2. The van der Waals surface area contributed by atoms with E-state index in [2.05, 4.69) is 16.9 Å². The maximum absolute atomic E-state index is 13.5. The Hall–Kier alpha value is -3.20. The van der Waals surface area contributed by atoms with Gasteiger partial charge in [-0.1, -0.05) is 45.6 Å². The molecule has 0 aliphatic carbocycles. The Morgan fingerprint density at radius 1 is 1.36 bits per heavy atom. The van der Waals surface area contributed by atoms with Crippen molar-refractivity contribution in [3.05, 3.63) is 42.6 Å². The van der Waals surface area contributed by atoms with Gasteiger partial charge in [0.25, 0.3) is 0 Å². The number of nitrogens with two attached hydrogens (primary N) is 1. The number of carbonyl (C=O) groups excluding carboxylic acids is 2. The van der Waals surface area contributed by atoms with E-state index in [0.717, 1.165) is 16.3 Å². The zero-order valence-electron chi connectivity index (χ0n) is 19.3. The van der Waals surface area contributed by atoms with Crippen LogP contribution in [0.25, 0.3) is 16.8 Å². The number of nitrogens with zero attached hydrogens (tertiary/aromatic N) is 2. The first-order valence-electron chi connectivity index (χ1n) is 10.7. The number of ether oxygens (including phenoxy) is 2. The van der Waals surface area contributed by atoms with Gasteiger partial charge >= 0.3 is 5.97 Å². The summed E-state index contributed by atoms with van der Waals surface area (Å²) in [5.74, 6) is -0.360. The maximum Gasteiger partial charge on any atom is 0.328 e. The van der Waals surface area contributed by atoms with Gasteiger partial charge in [-0.2, -0.15) is 0 Å². The SMILES string of the molecule is C=Cc1ccc2ccnc(O[C@@H]3C[C@@H](C(=O)OC)N(C(=O)[C@@H](NC(N)=S)C(C)(C)C)C3)c2c1. The molecule has 0 radical (unpaired) electrons. The van der Waals surface area contributed by atoms with Crippen LogP contribution in [-0.2, 0) is 14.3 Å². The lowest BCUT2D eigenvalue weighted by molar-refractivity contribution is -0.152. The van der Waals surface area contributed by atoms with E-state index < -0.39 is 29.6 Å². The van der Waals surface area contributed by atoms with Gasteiger partial charge in [-0.15, -0.1) is 0 Å². The number of pyridine rings is 1. The molecule has 0 saturated carbocycles. The van der Waals surface area contributed by atoms with Crippen molar-refractivity contribution in [3.8, 4) is 5.88 Å². The summed E-state index contributed by atoms with van der Waals surface area (Å²) in [6, 6.07) is 6.27. The fourth-order valence-corrected chi connectivity index (χ4v) is 4.10. The first-order chi connectivity index (χ1) is 15.5. The third-order valence-electron chi connectivity index (χ3n) is 5.69. The molecule has 3 N–H and O–H groups in total. The largest absolute Gasteiger partial charge is 0.472 e. The van der Waals surface area contributed by atoms with Crippen molar-refractivity contribution in [3.63, 3.8) is 0 Å². The first kappa shape index (κ1) is 24.4. The van der Waals surface area contributed by atoms with Gasteiger partial charge in [0.2, 0.25) is 11.8 Å².